The van der Waals surface area contributed by atoms with Crippen molar-refractivity contribution in [3.8, 4) is 0 Å². The van der Waals surface area contributed by atoms with E-state index in [0.29, 0.717) is 12.2 Å². The average molecular weight is 282 g/mol. The molecule has 6 heteroatoms. The number of anilines is 1. The molecule has 0 aliphatic rings. The lowest BCUT2D eigenvalue weighted by atomic mass is 10.2. The summed E-state index contributed by atoms with van der Waals surface area (Å²) in [5.74, 6) is 0. The van der Waals surface area contributed by atoms with Crippen molar-refractivity contribution in [2.24, 2.45) is 5.73 Å². The highest BCUT2D eigenvalue weighted by atomic mass is 32.2. The first kappa shape index (κ1) is 13.1. The van der Waals surface area contributed by atoms with Crippen LogP contribution in [0.15, 0.2) is 39.9 Å². The third-order valence-electron chi connectivity index (χ3n) is 2.43. The van der Waals surface area contributed by atoms with Crippen LogP contribution in [0.5, 0.6) is 0 Å². The Balaban J connectivity index is 2.24. The minimum Gasteiger partial charge on any atom is -0.326 e. The van der Waals surface area contributed by atoms with E-state index in [-0.39, 0.29) is 4.21 Å². The summed E-state index contributed by atoms with van der Waals surface area (Å²) in [6.45, 7) is 2.29. The van der Waals surface area contributed by atoms with Gasteiger partial charge >= 0.3 is 0 Å². The van der Waals surface area contributed by atoms with Gasteiger partial charge in [0.15, 0.2) is 0 Å². The zero-order valence-electron chi connectivity index (χ0n) is 9.88. The number of thiophene rings is 1. The molecule has 0 amide bonds. The molecule has 0 aliphatic heterocycles. The minimum absolute atomic E-state index is 0.281. The number of hydrogen-bond acceptors (Lipinski definition) is 4. The summed E-state index contributed by atoms with van der Waals surface area (Å²) < 4.78 is 27.0. The molecule has 4 nitrogen and oxygen atoms in total. The van der Waals surface area contributed by atoms with Crippen molar-refractivity contribution in [2.75, 3.05) is 4.72 Å². The first-order valence-electron chi connectivity index (χ1n) is 5.38. The Morgan fingerprint density at radius 1 is 1.28 bits per heavy atom. The van der Waals surface area contributed by atoms with Gasteiger partial charge in [0.05, 0.1) is 0 Å². The van der Waals surface area contributed by atoms with Crippen molar-refractivity contribution in [1.82, 2.24) is 0 Å². The molecule has 0 bridgehead atoms. The van der Waals surface area contributed by atoms with Crippen LogP contribution in [0.1, 0.15) is 11.1 Å². The molecular weight excluding hydrogens is 268 g/mol. The largest absolute Gasteiger partial charge is 0.326 e. The van der Waals surface area contributed by atoms with Gasteiger partial charge in [0, 0.05) is 12.2 Å². The first-order valence-corrected chi connectivity index (χ1v) is 7.74. The van der Waals surface area contributed by atoms with Gasteiger partial charge in [-0.2, -0.15) is 0 Å². The molecule has 1 heterocycles. The van der Waals surface area contributed by atoms with Gasteiger partial charge in [-0.05, 0) is 36.1 Å². The maximum Gasteiger partial charge on any atom is 0.271 e. The second-order valence-corrected chi connectivity index (χ2v) is 6.77. The molecule has 0 atom stereocenters. The maximum absolute atomic E-state index is 12.1. The Morgan fingerprint density at radius 3 is 2.50 bits per heavy atom. The molecule has 0 saturated heterocycles. The third kappa shape index (κ3) is 2.90. The molecule has 0 aliphatic carbocycles. The lowest BCUT2D eigenvalue weighted by molar-refractivity contribution is 0.603. The molecule has 18 heavy (non-hydrogen) atoms. The zero-order valence-corrected chi connectivity index (χ0v) is 11.5. The van der Waals surface area contributed by atoms with Crippen molar-refractivity contribution in [1.29, 1.82) is 0 Å². The summed E-state index contributed by atoms with van der Waals surface area (Å²) in [6.07, 6.45) is 0. The van der Waals surface area contributed by atoms with E-state index >= 15 is 0 Å². The summed E-state index contributed by atoms with van der Waals surface area (Å²) in [5, 5.41) is 1.75. The highest BCUT2D eigenvalue weighted by Crippen LogP contribution is 2.23. The van der Waals surface area contributed by atoms with Gasteiger partial charge in [-0.1, -0.05) is 17.7 Å². The van der Waals surface area contributed by atoms with Gasteiger partial charge in [-0.3, -0.25) is 4.72 Å². The van der Waals surface area contributed by atoms with Crippen LogP contribution in [0, 0.1) is 6.92 Å². The standard InChI is InChI=1S/C12H14N2O2S2/c1-9-2-4-11(5-3-9)14-18(15,16)12-6-10(7-13)8-17-12/h2-6,8,14H,7,13H2,1H3. The monoisotopic (exact) mass is 282 g/mol. The van der Waals surface area contributed by atoms with Gasteiger partial charge in [0.25, 0.3) is 10.0 Å². The Bertz CT molecular complexity index is 630. The molecule has 2 rings (SSSR count). The van der Waals surface area contributed by atoms with Gasteiger partial charge < -0.3 is 5.73 Å². The van der Waals surface area contributed by atoms with Crippen molar-refractivity contribution < 1.29 is 8.42 Å². The molecule has 3 N–H and O–H groups in total. The molecule has 0 unspecified atom stereocenters. The molecule has 96 valence electrons. The predicted octanol–water partition coefficient (Wildman–Crippen LogP) is 2.32. The zero-order chi connectivity index (χ0) is 13.2. The van der Waals surface area contributed by atoms with Crippen LogP contribution in [0.25, 0.3) is 0 Å². The average Bonchev–Trinajstić information content (AvgIpc) is 2.81. The number of hydrogen-bond donors (Lipinski definition) is 2. The minimum atomic E-state index is -3.50. The Kier molecular flexibility index (Phi) is 3.70. The van der Waals surface area contributed by atoms with E-state index < -0.39 is 10.0 Å². The predicted molar refractivity (Wildman–Crippen MR) is 74.2 cm³/mol. The number of benzene rings is 1. The van der Waals surface area contributed by atoms with E-state index in [1.807, 2.05) is 19.1 Å². The van der Waals surface area contributed by atoms with E-state index in [4.69, 9.17) is 5.73 Å². The quantitative estimate of drug-likeness (QED) is 0.904. The van der Waals surface area contributed by atoms with E-state index in [0.717, 1.165) is 11.1 Å². The SMILES string of the molecule is Cc1ccc(NS(=O)(=O)c2cc(CN)cs2)cc1. The van der Waals surface area contributed by atoms with Crippen LogP contribution < -0.4 is 10.5 Å². The van der Waals surface area contributed by atoms with Crippen LogP contribution >= 0.6 is 11.3 Å². The maximum atomic E-state index is 12.1. The normalized spacial score (nSPS) is 11.4. The Labute approximate surface area is 111 Å². The van der Waals surface area contributed by atoms with Gasteiger partial charge in [-0.15, -0.1) is 11.3 Å². The second kappa shape index (κ2) is 5.09. The lowest BCUT2D eigenvalue weighted by Crippen LogP contribution is -2.11. The van der Waals surface area contributed by atoms with Crippen molar-refractivity contribution in [3.05, 3.63) is 46.8 Å². The smallest absolute Gasteiger partial charge is 0.271 e. The molecule has 2 aromatic rings. The Morgan fingerprint density at radius 2 is 1.94 bits per heavy atom. The number of rotatable bonds is 4. The van der Waals surface area contributed by atoms with Gasteiger partial charge in [0.2, 0.25) is 0 Å². The highest BCUT2D eigenvalue weighted by molar-refractivity contribution is 7.94. The third-order valence-corrected chi connectivity index (χ3v) is 5.30. The summed E-state index contributed by atoms with van der Waals surface area (Å²) in [7, 11) is -3.50. The van der Waals surface area contributed by atoms with Crippen LogP contribution in [0.3, 0.4) is 0 Å². The summed E-state index contributed by atoms with van der Waals surface area (Å²) in [6, 6.07) is 8.80. The molecule has 0 saturated carbocycles. The fourth-order valence-corrected chi connectivity index (χ4v) is 3.71. The van der Waals surface area contributed by atoms with E-state index in [9.17, 15) is 8.42 Å². The van der Waals surface area contributed by atoms with Gasteiger partial charge in [0.1, 0.15) is 4.21 Å². The van der Waals surface area contributed by atoms with E-state index in [2.05, 4.69) is 4.72 Å². The number of nitrogens with one attached hydrogen (secondary N) is 1. The van der Waals surface area contributed by atoms with Crippen LogP contribution in [0.2, 0.25) is 0 Å². The molecule has 0 spiro atoms. The highest BCUT2D eigenvalue weighted by Gasteiger charge is 2.16. The topological polar surface area (TPSA) is 72.2 Å². The van der Waals surface area contributed by atoms with E-state index in [1.165, 1.54) is 11.3 Å². The fourth-order valence-electron chi connectivity index (χ4n) is 1.43. The lowest BCUT2D eigenvalue weighted by Gasteiger charge is -2.06. The number of nitrogens with two attached hydrogens (primary N) is 1. The van der Waals surface area contributed by atoms with Crippen molar-refractivity contribution in [2.45, 2.75) is 17.7 Å². The first-order chi connectivity index (χ1) is 8.51. The Hall–Kier alpha value is -1.37. The van der Waals surface area contributed by atoms with Crippen LogP contribution in [0.4, 0.5) is 5.69 Å². The van der Waals surface area contributed by atoms with Crippen LogP contribution in [-0.2, 0) is 16.6 Å². The van der Waals surface area contributed by atoms with Crippen LogP contribution in [-0.4, -0.2) is 8.42 Å². The molecule has 0 radical (unpaired) electrons. The second-order valence-electron chi connectivity index (χ2n) is 3.95. The molecule has 1 aromatic carbocycles. The molecule has 0 fully saturated rings. The number of aryl methyl sites for hydroxylation is 1. The van der Waals surface area contributed by atoms with Crippen molar-refractivity contribution in [3.63, 3.8) is 0 Å². The number of sulfonamides is 1. The molecular formula is C12H14N2O2S2. The summed E-state index contributed by atoms with van der Waals surface area (Å²) in [4.78, 5) is 0. The van der Waals surface area contributed by atoms with E-state index in [1.54, 1.807) is 23.6 Å². The fraction of sp³-hybridized carbons (Fsp3) is 0.167. The summed E-state index contributed by atoms with van der Waals surface area (Å²) in [5.41, 5.74) is 7.93. The van der Waals surface area contributed by atoms with Gasteiger partial charge in [-0.25, -0.2) is 8.42 Å². The summed E-state index contributed by atoms with van der Waals surface area (Å²) >= 11 is 1.17. The van der Waals surface area contributed by atoms with Crippen molar-refractivity contribution >= 4 is 27.0 Å². The molecule has 1 aromatic heterocycles.